The fourth-order valence-corrected chi connectivity index (χ4v) is 4.31. The molecule has 0 aromatic heterocycles. The number of aliphatic hydroxyl groups excluding tert-OH is 1. The van der Waals surface area contributed by atoms with Gasteiger partial charge in [-0.1, -0.05) is 48.7 Å². The van der Waals surface area contributed by atoms with E-state index in [1.54, 1.807) is 31.2 Å². The maximum atomic E-state index is 14.4. The monoisotopic (exact) mass is 480 g/mol. The Morgan fingerprint density at radius 1 is 1.12 bits per heavy atom. The molecule has 2 N–H and O–H groups in total. The van der Waals surface area contributed by atoms with E-state index in [-0.39, 0.29) is 19.1 Å². The van der Waals surface area contributed by atoms with E-state index in [1.165, 1.54) is 6.07 Å². The Morgan fingerprint density at radius 2 is 1.88 bits per heavy atom. The normalized spacial score (nSPS) is 15.5. The number of hydrogen-bond acceptors (Lipinski definition) is 4. The summed E-state index contributed by atoms with van der Waals surface area (Å²) in [5.74, 6) is -0.444. The molecule has 0 aliphatic heterocycles. The zero-order valence-corrected chi connectivity index (χ0v) is 19.4. The van der Waals surface area contributed by atoms with E-state index in [9.17, 15) is 17.6 Å². The van der Waals surface area contributed by atoms with Crippen LogP contribution in [-0.2, 0) is 24.2 Å². The summed E-state index contributed by atoms with van der Waals surface area (Å²) >= 11 is 0. The average molecular weight is 481 g/mol. The van der Waals surface area contributed by atoms with Gasteiger partial charge in [-0.25, -0.2) is 4.39 Å². The van der Waals surface area contributed by atoms with Crippen molar-refractivity contribution in [2.75, 3.05) is 13.2 Å². The SMILES string of the molecule is CC(=NOCc1ccc(C2CCCCC2)c(C(F)(F)F)c1)c1ccc(CNCCCO)c(F)c1. The molecule has 0 amide bonds. The number of alkyl halides is 3. The molecule has 34 heavy (non-hydrogen) atoms. The average Bonchev–Trinajstić information content (AvgIpc) is 2.82. The van der Waals surface area contributed by atoms with Gasteiger partial charge in [-0.3, -0.25) is 0 Å². The summed E-state index contributed by atoms with van der Waals surface area (Å²) in [4.78, 5) is 5.31. The molecule has 0 radical (unpaired) electrons. The van der Waals surface area contributed by atoms with Gasteiger partial charge >= 0.3 is 6.18 Å². The fourth-order valence-electron chi connectivity index (χ4n) is 4.31. The first-order valence-corrected chi connectivity index (χ1v) is 11.8. The van der Waals surface area contributed by atoms with E-state index in [2.05, 4.69) is 10.5 Å². The van der Waals surface area contributed by atoms with Crippen molar-refractivity contribution >= 4 is 5.71 Å². The quantitative estimate of drug-likeness (QED) is 0.181. The van der Waals surface area contributed by atoms with Crippen molar-refractivity contribution in [3.63, 3.8) is 0 Å². The van der Waals surface area contributed by atoms with Crippen LogP contribution in [0.2, 0.25) is 0 Å². The molecule has 2 aromatic rings. The maximum absolute atomic E-state index is 14.4. The number of oxime groups is 1. The molecule has 1 aliphatic carbocycles. The number of aliphatic hydroxyl groups is 1. The minimum absolute atomic E-state index is 0.0524. The Morgan fingerprint density at radius 3 is 2.56 bits per heavy atom. The highest BCUT2D eigenvalue weighted by molar-refractivity contribution is 5.98. The van der Waals surface area contributed by atoms with Gasteiger partial charge in [0.15, 0.2) is 0 Å². The Bertz CT molecular complexity index is 970. The summed E-state index contributed by atoms with van der Waals surface area (Å²) in [7, 11) is 0. The van der Waals surface area contributed by atoms with E-state index in [4.69, 9.17) is 9.94 Å². The molecular weight excluding hydrogens is 448 g/mol. The molecule has 0 unspecified atom stereocenters. The molecule has 0 bridgehead atoms. The molecule has 8 heteroatoms. The first-order valence-electron chi connectivity index (χ1n) is 11.8. The standard InChI is InChI=1S/C26H32F4N2O2/c1-18(21-9-10-22(25(27)15-21)16-31-12-5-13-33)32-34-17-19-8-11-23(20-6-3-2-4-7-20)24(14-19)26(28,29)30/h8-11,14-15,20,31,33H,2-7,12-13,16-17H2,1H3. The van der Waals surface area contributed by atoms with Crippen molar-refractivity contribution in [3.05, 3.63) is 70.0 Å². The molecule has 0 atom stereocenters. The first kappa shape index (κ1) is 26.2. The number of nitrogens with zero attached hydrogens (tertiary/aromatic N) is 1. The molecule has 0 spiro atoms. The Hall–Kier alpha value is -2.45. The van der Waals surface area contributed by atoms with Crippen molar-refractivity contribution in [1.29, 1.82) is 0 Å². The molecule has 1 aliphatic rings. The summed E-state index contributed by atoms with van der Waals surface area (Å²) in [6.45, 7) is 2.55. The maximum Gasteiger partial charge on any atom is 0.416 e. The van der Waals surface area contributed by atoms with E-state index in [1.807, 2.05) is 0 Å². The second kappa shape index (κ2) is 12.3. The highest BCUT2D eigenvalue weighted by Gasteiger charge is 2.35. The number of nitrogens with one attached hydrogen (secondary N) is 1. The van der Waals surface area contributed by atoms with Crippen molar-refractivity contribution in [3.8, 4) is 0 Å². The molecule has 1 saturated carbocycles. The van der Waals surface area contributed by atoms with Crippen LogP contribution in [0.25, 0.3) is 0 Å². The highest BCUT2D eigenvalue weighted by atomic mass is 19.4. The third-order valence-electron chi connectivity index (χ3n) is 6.20. The summed E-state index contributed by atoms with van der Waals surface area (Å²) in [5.41, 5.74) is 1.62. The van der Waals surface area contributed by atoms with Gasteiger partial charge in [0.2, 0.25) is 0 Å². The Kier molecular flexibility index (Phi) is 9.47. The minimum atomic E-state index is -4.42. The van der Waals surface area contributed by atoms with Gasteiger partial charge < -0.3 is 15.3 Å². The minimum Gasteiger partial charge on any atom is -0.396 e. The van der Waals surface area contributed by atoms with Crippen LogP contribution >= 0.6 is 0 Å². The van der Waals surface area contributed by atoms with Gasteiger partial charge in [0, 0.05) is 24.3 Å². The van der Waals surface area contributed by atoms with Gasteiger partial charge in [0.05, 0.1) is 11.3 Å². The van der Waals surface area contributed by atoms with Crippen molar-refractivity contribution in [2.45, 2.75) is 70.7 Å². The summed E-state index contributed by atoms with van der Waals surface area (Å²) in [6, 6.07) is 9.13. The third kappa shape index (κ3) is 7.27. The predicted molar refractivity (Wildman–Crippen MR) is 124 cm³/mol. The van der Waals surface area contributed by atoms with Crippen LogP contribution < -0.4 is 5.32 Å². The van der Waals surface area contributed by atoms with Crippen LogP contribution in [0.1, 0.15) is 79.2 Å². The lowest BCUT2D eigenvalue weighted by molar-refractivity contribution is -0.138. The predicted octanol–water partition coefficient (Wildman–Crippen LogP) is 6.31. The first-order chi connectivity index (χ1) is 16.3. The van der Waals surface area contributed by atoms with Crippen LogP contribution in [0, 0.1) is 5.82 Å². The number of benzene rings is 2. The van der Waals surface area contributed by atoms with Crippen LogP contribution in [0.15, 0.2) is 41.6 Å². The molecule has 0 heterocycles. The zero-order chi connectivity index (χ0) is 24.6. The lowest BCUT2D eigenvalue weighted by Crippen LogP contribution is -2.16. The Balaban J connectivity index is 1.64. The molecule has 2 aromatic carbocycles. The highest BCUT2D eigenvalue weighted by Crippen LogP contribution is 2.41. The summed E-state index contributed by atoms with van der Waals surface area (Å²) in [5, 5.41) is 15.8. The van der Waals surface area contributed by atoms with Crippen molar-refractivity contribution < 1.29 is 27.5 Å². The topological polar surface area (TPSA) is 53.8 Å². The second-order valence-electron chi connectivity index (χ2n) is 8.76. The van der Waals surface area contributed by atoms with E-state index < -0.39 is 17.6 Å². The third-order valence-corrected chi connectivity index (χ3v) is 6.20. The largest absolute Gasteiger partial charge is 0.416 e. The van der Waals surface area contributed by atoms with Crippen LogP contribution in [0.5, 0.6) is 0 Å². The molecular formula is C26H32F4N2O2. The number of hydrogen-bond donors (Lipinski definition) is 2. The fraction of sp³-hybridized carbons (Fsp3) is 0.500. The van der Waals surface area contributed by atoms with Gasteiger partial charge in [0.1, 0.15) is 12.4 Å². The van der Waals surface area contributed by atoms with Crippen molar-refractivity contribution in [2.24, 2.45) is 5.16 Å². The lowest BCUT2D eigenvalue weighted by atomic mass is 9.81. The van der Waals surface area contributed by atoms with E-state index in [0.717, 1.165) is 38.2 Å². The molecule has 4 nitrogen and oxygen atoms in total. The van der Waals surface area contributed by atoms with Crippen LogP contribution in [0.4, 0.5) is 17.6 Å². The van der Waals surface area contributed by atoms with Crippen LogP contribution in [-0.4, -0.2) is 24.0 Å². The van der Waals surface area contributed by atoms with E-state index in [0.29, 0.717) is 47.5 Å². The van der Waals surface area contributed by atoms with E-state index >= 15 is 0 Å². The van der Waals surface area contributed by atoms with Gasteiger partial charge in [-0.15, -0.1) is 0 Å². The van der Waals surface area contributed by atoms with Crippen LogP contribution in [0.3, 0.4) is 0 Å². The molecule has 1 fully saturated rings. The number of halogens is 4. The molecule has 3 rings (SSSR count). The Labute approximate surface area is 198 Å². The summed E-state index contributed by atoms with van der Waals surface area (Å²) in [6.07, 6.45) is 0.748. The molecule has 0 saturated heterocycles. The van der Waals surface area contributed by atoms with Gasteiger partial charge in [-0.05, 0) is 61.9 Å². The van der Waals surface area contributed by atoms with Gasteiger partial charge in [0.25, 0.3) is 0 Å². The molecule has 186 valence electrons. The zero-order valence-electron chi connectivity index (χ0n) is 19.4. The lowest BCUT2D eigenvalue weighted by Gasteiger charge is -2.25. The smallest absolute Gasteiger partial charge is 0.396 e. The number of rotatable bonds is 10. The van der Waals surface area contributed by atoms with Gasteiger partial charge in [-0.2, -0.15) is 13.2 Å². The van der Waals surface area contributed by atoms with Crippen molar-refractivity contribution in [1.82, 2.24) is 5.32 Å². The summed E-state index contributed by atoms with van der Waals surface area (Å²) < 4.78 is 55.5. The second-order valence-corrected chi connectivity index (χ2v) is 8.76.